The minimum absolute atomic E-state index is 0.965. The van der Waals surface area contributed by atoms with Crippen molar-refractivity contribution >= 4 is 23.1 Å². The van der Waals surface area contributed by atoms with Crippen molar-refractivity contribution in [3.8, 4) is 0 Å². The summed E-state index contributed by atoms with van der Waals surface area (Å²) in [6.07, 6.45) is 1.15. The fraction of sp³-hybridized carbons (Fsp3) is 0.375. The Morgan fingerprint density at radius 3 is 2.37 bits per heavy atom. The molecule has 3 heteroatoms. The van der Waals surface area contributed by atoms with Crippen molar-refractivity contribution in [2.24, 2.45) is 0 Å². The van der Waals surface area contributed by atoms with Gasteiger partial charge in [0.1, 0.15) is 0 Å². The van der Waals surface area contributed by atoms with E-state index in [-0.39, 0.29) is 0 Å². The predicted octanol–water partition coefficient (Wildman–Crippen LogP) is 4.71. The number of hydrogen-bond acceptors (Lipinski definition) is 3. The monoisotopic (exact) mass is 291 g/mol. The summed E-state index contributed by atoms with van der Waals surface area (Å²) in [5.74, 6) is 1.08. The third kappa shape index (κ3) is 4.68. The van der Waals surface area contributed by atoms with Crippen LogP contribution >= 0.6 is 23.1 Å². The molecule has 0 saturated carbocycles. The second-order valence-corrected chi connectivity index (χ2v) is 6.74. The maximum Gasteiger partial charge on any atom is 0.0326 e. The maximum atomic E-state index is 3.35. The molecule has 0 aliphatic heterocycles. The molecule has 0 atom stereocenters. The molecule has 2 aromatic rings. The lowest BCUT2D eigenvalue weighted by atomic mass is 10.2. The smallest absolute Gasteiger partial charge is 0.0326 e. The zero-order valence-electron chi connectivity index (χ0n) is 11.6. The lowest BCUT2D eigenvalue weighted by Crippen LogP contribution is -2.11. The van der Waals surface area contributed by atoms with E-state index in [9.17, 15) is 0 Å². The van der Waals surface area contributed by atoms with Crippen molar-refractivity contribution in [2.75, 3.05) is 6.54 Å². The molecule has 0 aliphatic rings. The number of thiophene rings is 1. The highest BCUT2D eigenvalue weighted by Crippen LogP contribution is 2.27. The lowest BCUT2D eigenvalue weighted by Gasteiger charge is -2.04. The van der Waals surface area contributed by atoms with E-state index in [1.54, 1.807) is 0 Å². The van der Waals surface area contributed by atoms with Gasteiger partial charge < -0.3 is 5.32 Å². The van der Waals surface area contributed by atoms with E-state index in [1.807, 2.05) is 23.1 Å². The largest absolute Gasteiger partial charge is 0.313 e. The fourth-order valence-corrected chi connectivity index (χ4v) is 3.72. The van der Waals surface area contributed by atoms with E-state index in [0.29, 0.717) is 0 Å². The summed E-state index contributed by atoms with van der Waals surface area (Å²) in [7, 11) is 0. The zero-order chi connectivity index (χ0) is 13.5. The van der Waals surface area contributed by atoms with Crippen molar-refractivity contribution in [1.29, 1.82) is 0 Å². The molecule has 0 fully saturated rings. The number of thioether (sulfide) groups is 1. The van der Waals surface area contributed by atoms with Crippen LogP contribution < -0.4 is 5.32 Å². The number of nitrogens with one attached hydrogen (secondary N) is 1. The Morgan fingerprint density at radius 2 is 1.74 bits per heavy atom. The Labute approximate surface area is 124 Å². The van der Waals surface area contributed by atoms with Crippen LogP contribution in [0.4, 0.5) is 0 Å². The number of benzene rings is 1. The molecule has 1 aromatic heterocycles. The minimum atomic E-state index is 0.965. The van der Waals surface area contributed by atoms with Crippen LogP contribution in [0.2, 0.25) is 0 Å². The Kier molecular flexibility index (Phi) is 5.95. The van der Waals surface area contributed by atoms with Gasteiger partial charge in [-0.3, -0.25) is 0 Å². The number of aryl methyl sites for hydroxylation is 1. The topological polar surface area (TPSA) is 12.0 Å². The van der Waals surface area contributed by atoms with E-state index in [2.05, 4.69) is 55.6 Å². The molecule has 0 saturated heterocycles. The first-order valence-electron chi connectivity index (χ1n) is 6.82. The normalized spacial score (nSPS) is 10.8. The first kappa shape index (κ1) is 14.6. The van der Waals surface area contributed by atoms with Crippen LogP contribution in [0.15, 0.2) is 41.3 Å². The molecule has 1 nitrogen and oxygen atoms in total. The SMILES string of the molecule is CCNCc1ccc(SCc2ccc(CC)s2)cc1. The van der Waals surface area contributed by atoms with Gasteiger partial charge in [-0.05, 0) is 42.8 Å². The van der Waals surface area contributed by atoms with Crippen LogP contribution in [0.3, 0.4) is 0 Å². The molecule has 1 N–H and O–H groups in total. The van der Waals surface area contributed by atoms with E-state index >= 15 is 0 Å². The first-order chi connectivity index (χ1) is 9.31. The Morgan fingerprint density at radius 1 is 1.00 bits per heavy atom. The molecule has 1 heterocycles. The van der Waals surface area contributed by atoms with E-state index in [1.165, 1.54) is 20.2 Å². The van der Waals surface area contributed by atoms with Crippen molar-refractivity contribution in [2.45, 2.75) is 37.5 Å². The van der Waals surface area contributed by atoms with E-state index < -0.39 is 0 Å². The Bertz CT molecular complexity index is 488. The molecule has 0 bridgehead atoms. The van der Waals surface area contributed by atoms with Crippen LogP contribution in [0, 0.1) is 0 Å². The predicted molar refractivity (Wildman–Crippen MR) is 87.1 cm³/mol. The first-order valence-corrected chi connectivity index (χ1v) is 8.62. The Hall–Kier alpha value is -0.770. The van der Waals surface area contributed by atoms with Crippen molar-refractivity contribution in [1.82, 2.24) is 5.32 Å². The average molecular weight is 291 g/mol. The van der Waals surface area contributed by atoms with Gasteiger partial charge >= 0.3 is 0 Å². The van der Waals surface area contributed by atoms with Crippen molar-refractivity contribution < 1.29 is 0 Å². The summed E-state index contributed by atoms with van der Waals surface area (Å²) in [6, 6.07) is 13.4. The van der Waals surface area contributed by atoms with E-state index in [0.717, 1.165) is 25.3 Å². The second-order valence-electron chi connectivity index (χ2n) is 4.43. The summed E-state index contributed by atoms with van der Waals surface area (Å²) >= 11 is 3.86. The Balaban J connectivity index is 1.85. The van der Waals surface area contributed by atoms with Crippen LogP contribution in [0.5, 0.6) is 0 Å². The molecule has 1 aromatic carbocycles. The van der Waals surface area contributed by atoms with Crippen LogP contribution in [-0.2, 0) is 18.7 Å². The minimum Gasteiger partial charge on any atom is -0.313 e. The second kappa shape index (κ2) is 7.73. The van der Waals surface area contributed by atoms with Gasteiger partial charge in [0.2, 0.25) is 0 Å². The molecule has 19 heavy (non-hydrogen) atoms. The molecule has 0 unspecified atom stereocenters. The number of rotatable bonds is 7. The highest BCUT2D eigenvalue weighted by molar-refractivity contribution is 7.98. The quantitative estimate of drug-likeness (QED) is 0.741. The molecule has 0 spiro atoms. The molecule has 0 amide bonds. The summed E-state index contributed by atoms with van der Waals surface area (Å²) in [4.78, 5) is 4.31. The van der Waals surface area contributed by atoms with Gasteiger partial charge in [-0.25, -0.2) is 0 Å². The summed E-state index contributed by atoms with van der Waals surface area (Å²) in [6.45, 7) is 6.34. The van der Waals surface area contributed by atoms with Gasteiger partial charge in [0.15, 0.2) is 0 Å². The lowest BCUT2D eigenvalue weighted by molar-refractivity contribution is 0.726. The van der Waals surface area contributed by atoms with Crippen molar-refractivity contribution in [3.63, 3.8) is 0 Å². The van der Waals surface area contributed by atoms with Crippen LogP contribution in [0.25, 0.3) is 0 Å². The van der Waals surface area contributed by atoms with Gasteiger partial charge in [-0.1, -0.05) is 26.0 Å². The van der Waals surface area contributed by atoms with Crippen LogP contribution in [-0.4, -0.2) is 6.54 Å². The highest BCUT2D eigenvalue weighted by atomic mass is 32.2. The molecular formula is C16H21NS2. The molecule has 0 radical (unpaired) electrons. The van der Waals surface area contributed by atoms with Gasteiger partial charge in [-0.15, -0.1) is 23.1 Å². The fourth-order valence-electron chi connectivity index (χ4n) is 1.82. The van der Waals surface area contributed by atoms with E-state index in [4.69, 9.17) is 0 Å². The summed E-state index contributed by atoms with van der Waals surface area (Å²) in [5, 5.41) is 3.35. The standard InChI is InChI=1S/C16H21NS2/c1-3-14-9-10-16(19-14)12-18-15-7-5-13(6-8-15)11-17-4-2/h5-10,17H,3-4,11-12H2,1-2H3. The molecular weight excluding hydrogens is 270 g/mol. The van der Waals surface area contributed by atoms with Gasteiger partial charge in [0.05, 0.1) is 0 Å². The highest BCUT2D eigenvalue weighted by Gasteiger charge is 2.00. The maximum absolute atomic E-state index is 3.35. The zero-order valence-corrected chi connectivity index (χ0v) is 13.2. The third-order valence-electron chi connectivity index (χ3n) is 2.95. The number of hydrogen-bond donors (Lipinski definition) is 1. The van der Waals surface area contributed by atoms with Gasteiger partial charge in [-0.2, -0.15) is 0 Å². The average Bonchev–Trinajstić information content (AvgIpc) is 2.92. The molecule has 2 rings (SSSR count). The third-order valence-corrected chi connectivity index (χ3v) is 5.42. The molecule has 102 valence electrons. The summed E-state index contributed by atoms with van der Waals surface area (Å²) < 4.78 is 0. The van der Waals surface area contributed by atoms with Gasteiger partial charge in [0, 0.05) is 26.9 Å². The van der Waals surface area contributed by atoms with Gasteiger partial charge in [0.25, 0.3) is 0 Å². The van der Waals surface area contributed by atoms with Crippen molar-refractivity contribution in [3.05, 3.63) is 51.7 Å². The summed E-state index contributed by atoms with van der Waals surface area (Å²) in [5.41, 5.74) is 1.36. The van der Waals surface area contributed by atoms with Crippen LogP contribution in [0.1, 0.15) is 29.2 Å². The molecule has 0 aliphatic carbocycles.